The fraction of sp³-hybridized carbons (Fsp3) is 0.438. The Morgan fingerprint density at radius 3 is 3.09 bits per heavy atom. The highest BCUT2D eigenvalue weighted by molar-refractivity contribution is 8.00. The average molecular weight is 315 g/mol. The molecule has 1 fully saturated rings. The van der Waals surface area contributed by atoms with Gasteiger partial charge < -0.3 is 4.74 Å². The van der Waals surface area contributed by atoms with Gasteiger partial charge >= 0.3 is 0 Å². The van der Waals surface area contributed by atoms with E-state index in [4.69, 9.17) is 10.00 Å². The number of nitriles is 1. The molecular weight excluding hydrogens is 298 g/mol. The second-order valence-corrected chi connectivity index (χ2v) is 6.66. The number of rotatable bonds is 4. The van der Waals surface area contributed by atoms with Crippen LogP contribution in [0.5, 0.6) is 0 Å². The van der Waals surface area contributed by atoms with Gasteiger partial charge in [-0.05, 0) is 31.9 Å². The minimum absolute atomic E-state index is 0.0532. The molecule has 0 unspecified atom stereocenters. The van der Waals surface area contributed by atoms with E-state index >= 15 is 0 Å². The second kappa shape index (κ2) is 6.51. The molecule has 0 aliphatic carbocycles. The van der Waals surface area contributed by atoms with Crippen LogP contribution in [-0.2, 0) is 11.3 Å². The van der Waals surface area contributed by atoms with Crippen molar-refractivity contribution >= 4 is 22.7 Å². The van der Waals surface area contributed by atoms with Crippen molar-refractivity contribution in [3.8, 4) is 6.07 Å². The van der Waals surface area contributed by atoms with Crippen LogP contribution < -0.4 is 5.56 Å². The molecule has 1 aliphatic rings. The first-order chi connectivity index (χ1) is 10.7. The Morgan fingerprint density at radius 2 is 2.36 bits per heavy atom. The topological polar surface area (TPSA) is 67.9 Å². The fourth-order valence-electron chi connectivity index (χ4n) is 2.58. The highest BCUT2D eigenvalue weighted by atomic mass is 32.2. The van der Waals surface area contributed by atoms with Crippen molar-refractivity contribution < 1.29 is 4.74 Å². The zero-order valence-electron chi connectivity index (χ0n) is 12.4. The number of hydrogen-bond donors (Lipinski definition) is 0. The number of nitrogens with zero attached hydrogens (tertiary/aromatic N) is 3. The third kappa shape index (κ3) is 3.01. The molecule has 0 N–H and O–H groups in total. The fourth-order valence-corrected chi connectivity index (χ4v) is 3.38. The molecule has 1 saturated heterocycles. The summed E-state index contributed by atoms with van der Waals surface area (Å²) in [5.41, 5.74) is 0.609. The molecule has 1 aromatic carbocycles. The number of ether oxygens (including phenoxy) is 1. The van der Waals surface area contributed by atoms with Gasteiger partial charge in [-0.3, -0.25) is 9.36 Å². The van der Waals surface area contributed by atoms with E-state index in [1.165, 1.54) is 11.8 Å². The van der Waals surface area contributed by atoms with E-state index in [9.17, 15) is 4.79 Å². The minimum atomic E-state index is -0.260. The predicted molar refractivity (Wildman–Crippen MR) is 85.9 cm³/mol. The molecule has 0 bridgehead atoms. The van der Waals surface area contributed by atoms with E-state index in [1.54, 1.807) is 10.6 Å². The molecule has 5 nitrogen and oxygen atoms in total. The summed E-state index contributed by atoms with van der Waals surface area (Å²) in [5.74, 6) is 0. The second-order valence-electron chi connectivity index (χ2n) is 5.35. The Morgan fingerprint density at radius 1 is 1.55 bits per heavy atom. The van der Waals surface area contributed by atoms with E-state index in [-0.39, 0.29) is 16.9 Å². The summed E-state index contributed by atoms with van der Waals surface area (Å²) in [5, 5.41) is 9.98. The molecule has 2 heterocycles. The summed E-state index contributed by atoms with van der Waals surface area (Å²) < 4.78 is 7.31. The van der Waals surface area contributed by atoms with Crippen molar-refractivity contribution in [2.45, 2.75) is 42.8 Å². The van der Waals surface area contributed by atoms with Crippen LogP contribution in [0.15, 0.2) is 34.2 Å². The number of benzene rings is 1. The van der Waals surface area contributed by atoms with Crippen LogP contribution in [0, 0.1) is 11.3 Å². The van der Waals surface area contributed by atoms with E-state index in [0.29, 0.717) is 22.6 Å². The number of hydrogen-bond acceptors (Lipinski definition) is 5. The average Bonchev–Trinajstić information content (AvgIpc) is 3.04. The summed E-state index contributed by atoms with van der Waals surface area (Å²) in [6.45, 7) is 3.05. The molecule has 2 aromatic rings. The Labute approximate surface area is 132 Å². The van der Waals surface area contributed by atoms with Gasteiger partial charge in [0.2, 0.25) is 0 Å². The van der Waals surface area contributed by atoms with Gasteiger partial charge in [-0.1, -0.05) is 23.9 Å². The Balaban J connectivity index is 2.08. The molecule has 3 rings (SSSR count). The first-order valence-corrected chi connectivity index (χ1v) is 8.24. The van der Waals surface area contributed by atoms with E-state index < -0.39 is 0 Å². The van der Waals surface area contributed by atoms with Crippen LogP contribution in [0.4, 0.5) is 0 Å². The summed E-state index contributed by atoms with van der Waals surface area (Å²) in [6, 6.07) is 9.50. The third-order valence-electron chi connectivity index (χ3n) is 3.70. The maximum absolute atomic E-state index is 12.8. The van der Waals surface area contributed by atoms with Crippen molar-refractivity contribution in [1.82, 2.24) is 9.55 Å². The molecule has 0 spiro atoms. The molecule has 0 amide bonds. The van der Waals surface area contributed by atoms with Crippen LogP contribution in [0.3, 0.4) is 0 Å². The summed E-state index contributed by atoms with van der Waals surface area (Å²) in [7, 11) is 0. The summed E-state index contributed by atoms with van der Waals surface area (Å²) in [6.07, 6.45) is 2.03. The largest absolute Gasteiger partial charge is 0.376 e. The molecular formula is C16H17N3O2S. The molecule has 1 aromatic heterocycles. The number of aromatic nitrogens is 2. The van der Waals surface area contributed by atoms with Crippen LogP contribution in [-0.4, -0.2) is 27.5 Å². The number of para-hydroxylation sites is 1. The molecule has 22 heavy (non-hydrogen) atoms. The highest BCUT2D eigenvalue weighted by Gasteiger charge is 2.21. The lowest BCUT2D eigenvalue weighted by Crippen LogP contribution is -2.29. The highest BCUT2D eigenvalue weighted by Crippen LogP contribution is 2.23. The number of thioether (sulfide) groups is 1. The first-order valence-electron chi connectivity index (χ1n) is 7.36. The standard InChI is InChI=1S/C16H17N3O2S/c1-11(9-17)22-16-18-14-7-3-2-6-13(14)15(20)19(16)10-12-5-4-8-21-12/h2-3,6-7,11-12H,4-5,8,10H2,1H3/t11-,12-/m0/s1. The molecule has 1 aliphatic heterocycles. The quantitative estimate of drug-likeness (QED) is 0.641. The van der Waals surface area contributed by atoms with Crippen molar-refractivity contribution in [1.29, 1.82) is 5.26 Å². The van der Waals surface area contributed by atoms with E-state index in [2.05, 4.69) is 11.1 Å². The molecule has 6 heteroatoms. The molecule has 0 radical (unpaired) electrons. The minimum Gasteiger partial charge on any atom is -0.376 e. The smallest absolute Gasteiger partial charge is 0.262 e. The molecule has 0 saturated carbocycles. The lowest BCUT2D eigenvalue weighted by molar-refractivity contribution is 0.0937. The van der Waals surface area contributed by atoms with Gasteiger partial charge in [-0.25, -0.2) is 4.98 Å². The SMILES string of the molecule is C[C@@H](C#N)Sc1nc2ccccc2c(=O)n1C[C@@H]1CCCO1. The van der Waals surface area contributed by atoms with Crippen LogP contribution in [0.1, 0.15) is 19.8 Å². The maximum Gasteiger partial charge on any atom is 0.262 e. The van der Waals surface area contributed by atoms with Gasteiger partial charge in [0.25, 0.3) is 5.56 Å². The van der Waals surface area contributed by atoms with Crippen molar-refractivity contribution in [2.75, 3.05) is 6.61 Å². The lowest BCUT2D eigenvalue weighted by atomic mass is 10.2. The zero-order valence-corrected chi connectivity index (χ0v) is 13.2. The molecule has 114 valence electrons. The first kappa shape index (κ1) is 15.1. The molecule has 2 atom stereocenters. The lowest BCUT2D eigenvalue weighted by Gasteiger charge is -2.16. The van der Waals surface area contributed by atoms with Gasteiger partial charge in [-0.15, -0.1) is 0 Å². The Bertz CT molecular complexity index is 775. The van der Waals surface area contributed by atoms with Crippen molar-refractivity contribution in [2.24, 2.45) is 0 Å². The van der Waals surface area contributed by atoms with Crippen molar-refractivity contribution in [3.05, 3.63) is 34.6 Å². The van der Waals surface area contributed by atoms with Gasteiger partial charge in [0, 0.05) is 6.61 Å². The van der Waals surface area contributed by atoms with Gasteiger partial charge in [0.05, 0.1) is 34.9 Å². The summed E-state index contributed by atoms with van der Waals surface area (Å²) in [4.78, 5) is 17.4. The Kier molecular flexibility index (Phi) is 4.46. The van der Waals surface area contributed by atoms with Crippen LogP contribution in [0.25, 0.3) is 10.9 Å². The predicted octanol–water partition coefficient (Wildman–Crippen LogP) is 2.58. The van der Waals surface area contributed by atoms with Gasteiger partial charge in [0.15, 0.2) is 5.16 Å². The summed E-state index contributed by atoms with van der Waals surface area (Å²) >= 11 is 1.32. The van der Waals surface area contributed by atoms with Crippen LogP contribution in [0.2, 0.25) is 0 Å². The van der Waals surface area contributed by atoms with E-state index in [1.807, 2.05) is 25.1 Å². The van der Waals surface area contributed by atoms with Crippen LogP contribution >= 0.6 is 11.8 Å². The van der Waals surface area contributed by atoms with Crippen molar-refractivity contribution in [3.63, 3.8) is 0 Å². The van der Waals surface area contributed by atoms with E-state index in [0.717, 1.165) is 19.4 Å². The van der Waals surface area contributed by atoms with Gasteiger partial charge in [-0.2, -0.15) is 5.26 Å². The monoisotopic (exact) mass is 315 g/mol. The normalized spacial score (nSPS) is 19.2. The van der Waals surface area contributed by atoms with Gasteiger partial charge in [0.1, 0.15) is 0 Å². The zero-order chi connectivity index (χ0) is 15.5. The third-order valence-corrected chi connectivity index (χ3v) is 4.68. The number of fused-ring (bicyclic) bond motifs is 1. The Hall–Kier alpha value is -1.84. The maximum atomic E-state index is 12.8.